The molecule has 180 valence electrons. The first-order valence-electron chi connectivity index (χ1n) is 11.4. The van der Waals surface area contributed by atoms with Gasteiger partial charge in [-0.05, 0) is 70.9 Å². The van der Waals surface area contributed by atoms with Crippen LogP contribution in [0.1, 0.15) is 88.6 Å². The third-order valence-corrected chi connectivity index (χ3v) is 7.78. The molecule has 4 rings (SSSR count). The lowest BCUT2D eigenvalue weighted by molar-refractivity contribution is 0.0669. The molecule has 33 heavy (non-hydrogen) atoms. The van der Waals surface area contributed by atoms with Crippen molar-refractivity contribution in [2.45, 2.75) is 95.7 Å². The van der Waals surface area contributed by atoms with Crippen molar-refractivity contribution < 1.29 is 14.1 Å². The number of carbonyl (C=O) groups excluding carboxylic acids is 1. The van der Waals surface area contributed by atoms with Gasteiger partial charge in [-0.1, -0.05) is 13.8 Å². The zero-order chi connectivity index (χ0) is 24.3. The summed E-state index contributed by atoms with van der Waals surface area (Å²) >= 11 is 0. The standard InChI is InChI=1S/C23H34N6O3S/c1-13(2)29-17(23(5,6)31)12-18(27-29)33(24,32)28-21(30)26-19-14-8-7-9-16(14)25-20-15(19)10-11-22(20,3)4/h12-13,31H,7-11H2,1-6H3,(H3,24,25,26,28,30,32)/t33-/m0/s1. The molecule has 2 amide bonds. The number of amides is 2. The Bertz CT molecular complexity index is 1250. The Morgan fingerprint density at radius 3 is 2.61 bits per heavy atom. The molecule has 2 aliphatic rings. The summed E-state index contributed by atoms with van der Waals surface area (Å²) in [5.74, 6) is 0. The van der Waals surface area contributed by atoms with Gasteiger partial charge >= 0.3 is 6.03 Å². The minimum atomic E-state index is -3.62. The number of rotatable bonds is 4. The van der Waals surface area contributed by atoms with E-state index in [4.69, 9.17) is 10.1 Å². The van der Waals surface area contributed by atoms with Crippen LogP contribution >= 0.6 is 0 Å². The number of aryl methyl sites for hydroxylation is 1. The summed E-state index contributed by atoms with van der Waals surface area (Å²) < 4.78 is 18.6. The highest BCUT2D eigenvalue weighted by molar-refractivity contribution is 7.91. The number of fused-ring (bicyclic) bond motifs is 2. The molecule has 0 spiro atoms. The Morgan fingerprint density at radius 2 is 2.00 bits per heavy atom. The van der Waals surface area contributed by atoms with E-state index in [1.165, 1.54) is 6.07 Å². The largest absolute Gasteiger partial charge is 0.384 e. The van der Waals surface area contributed by atoms with Gasteiger partial charge in [-0.25, -0.2) is 14.1 Å². The molecule has 0 saturated carbocycles. The number of carbonyl (C=O) groups is 1. The number of hydrogen-bond donors (Lipinski definition) is 3. The summed E-state index contributed by atoms with van der Waals surface area (Å²) in [6.45, 7) is 11.3. The molecule has 1 atom stereocenters. The van der Waals surface area contributed by atoms with Gasteiger partial charge in [0.2, 0.25) is 0 Å². The topological polar surface area (TPSA) is 135 Å². The molecule has 0 fully saturated rings. The smallest absolute Gasteiger partial charge is 0.354 e. The summed E-state index contributed by atoms with van der Waals surface area (Å²) in [5, 5.41) is 23.7. The zero-order valence-corrected chi connectivity index (χ0v) is 21.0. The number of nitrogens with zero attached hydrogens (tertiary/aromatic N) is 4. The van der Waals surface area contributed by atoms with Crippen LogP contribution in [0.25, 0.3) is 0 Å². The van der Waals surface area contributed by atoms with E-state index in [-0.39, 0.29) is 16.5 Å². The summed E-state index contributed by atoms with van der Waals surface area (Å²) in [7, 11) is -3.62. The summed E-state index contributed by atoms with van der Waals surface area (Å²) in [6, 6.07) is 0.594. The number of nitrogens with one attached hydrogen (secondary N) is 1. The third kappa shape index (κ3) is 4.31. The van der Waals surface area contributed by atoms with Crippen LogP contribution < -0.4 is 10.5 Å². The maximum absolute atomic E-state index is 13.3. The highest BCUT2D eigenvalue weighted by atomic mass is 32.2. The average Bonchev–Trinajstić information content (AvgIpc) is 3.38. The molecule has 2 aromatic heterocycles. The van der Waals surface area contributed by atoms with Gasteiger partial charge in [0, 0.05) is 23.2 Å². The van der Waals surface area contributed by atoms with Crippen molar-refractivity contribution in [3.05, 3.63) is 34.3 Å². The number of nitrogens with two attached hydrogens (primary N) is 1. The summed E-state index contributed by atoms with van der Waals surface area (Å²) in [5.41, 5.74) is 4.07. The normalized spacial score (nSPS) is 18.7. The van der Waals surface area contributed by atoms with Gasteiger partial charge < -0.3 is 10.4 Å². The lowest BCUT2D eigenvalue weighted by Crippen LogP contribution is -2.22. The Labute approximate surface area is 195 Å². The van der Waals surface area contributed by atoms with Crippen molar-refractivity contribution in [3.8, 4) is 0 Å². The summed E-state index contributed by atoms with van der Waals surface area (Å²) in [6.07, 6.45) is 4.50. The molecule has 0 aliphatic heterocycles. The number of aliphatic hydroxyl groups is 1. The van der Waals surface area contributed by atoms with Crippen LogP contribution in [0.4, 0.5) is 10.5 Å². The van der Waals surface area contributed by atoms with E-state index in [2.05, 4.69) is 28.6 Å². The highest BCUT2D eigenvalue weighted by Crippen LogP contribution is 2.44. The average molecular weight is 475 g/mol. The molecule has 0 unspecified atom stereocenters. The molecule has 0 aromatic carbocycles. The predicted octanol–water partition coefficient (Wildman–Crippen LogP) is 3.73. The monoisotopic (exact) mass is 474 g/mol. The van der Waals surface area contributed by atoms with Gasteiger partial charge in [0.1, 0.15) is 5.60 Å². The molecule has 2 aliphatic carbocycles. The number of pyridine rings is 1. The van der Waals surface area contributed by atoms with E-state index in [1.807, 2.05) is 13.8 Å². The lowest BCUT2D eigenvalue weighted by atomic mass is 9.90. The van der Waals surface area contributed by atoms with E-state index >= 15 is 0 Å². The highest BCUT2D eigenvalue weighted by Gasteiger charge is 2.36. The van der Waals surface area contributed by atoms with Gasteiger partial charge in [-0.2, -0.15) is 5.10 Å². The lowest BCUT2D eigenvalue weighted by Gasteiger charge is -2.20. The van der Waals surface area contributed by atoms with Crippen molar-refractivity contribution in [1.82, 2.24) is 14.8 Å². The number of urea groups is 1. The summed E-state index contributed by atoms with van der Waals surface area (Å²) in [4.78, 5) is 17.9. The second kappa shape index (κ2) is 7.89. The van der Waals surface area contributed by atoms with Gasteiger partial charge in [-0.15, -0.1) is 4.36 Å². The molecular weight excluding hydrogens is 440 g/mol. The van der Waals surface area contributed by atoms with Crippen LogP contribution in [-0.2, 0) is 40.2 Å². The minimum Gasteiger partial charge on any atom is -0.384 e. The van der Waals surface area contributed by atoms with Crippen molar-refractivity contribution in [2.75, 3.05) is 5.32 Å². The Hall–Kier alpha value is -2.30. The van der Waals surface area contributed by atoms with Crippen molar-refractivity contribution in [3.63, 3.8) is 0 Å². The molecule has 0 saturated heterocycles. The molecule has 2 heterocycles. The first kappa shape index (κ1) is 23.8. The number of aromatic nitrogens is 3. The van der Waals surface area contributed by atoms with Crippen LogP contribution in [0.2, 0.25) is 0 Å². The number of hydrogen-bond acceptors (Lipinski definition) is 5. The zero-order valence-electron chi connectivity index (χ0n) is 20.2. The molecule has 9 nitrogen and oxygen atoms in total. The molecule has 0 radical (unpaired) electrons. The fourth-order valence-corrected chi connectivity index (χ4v) is 5.67. The van der Waals surface area contributed by atoms with Crippen molar-refractivity contribution >= 4 is 21.6 Å². The number of anilines is 1. The van der Waals surface area contributed by atoms with Gasteiger partial charge in [0.15, 0.2) is 14.9 Å². The van der Waals surface area contributed by atoms with E-state index in [0.29, 0.717) is 5.69 Å². The van der Waals surface area contributed by atoms with Gasteiger partial charge in [-0.3, -0.25) is 9.67 Å². The Balaban J connectivity index is 1.72. The fourth-order valence-electron chi connectivity index (χ4n) is 4.80. The van der Waals surface area contributed by atoms with Crippen LogP contribution in [0.15, 0.2) is 15.5 Å². The van der Waals surface area contributed by atoms with Crippen LogP contribution in [0.5, 0.6) is 0 Å². The second-order valence-electron chi connectivity index (χ2n) is 10.5. The molecule has 0 bridgehead atoms. The maximum atomic E-state index is 13.3. The van der Waals surface area contributed by atoms with Gasteiger partial charge in [0.25, 0.3) is 0 Å². The molecular formula is C23H34N6O3S. The van der Waals surface area contributed by atoms with Gasteiger partial charge in [0.05, 0.1) is 17.1 Å². The molecule has 4 N–H and O–H groups in total. The van der Waals surface area contributed by atoms with Crippen LogP contribution in [-0.4, -0.2) is 30.1 Å². The van der Waals surface area contributed by atoms with E-state index in [9.17, 15) is 14.1 Å². The maximum Gasteiger partial charge on any atom is 0.354 e. The fraction of sp³-hybridized carbons (Fsp3) is 0.609. The van der Waals surface area contributed by atoms with E-state index in [1.54, 1.807) is 18.5 Å². The first-order valence-corrected chi connectivity index (χ1v) is 13.0. The van der Waals surface area contributed by atoms with Crippen molar-refractivity contribution in [2.24, 2.45) is 9.50 Å². The second-order valence-corrected chi connectivity index (χ2v) is 12.3. The predicted molar refractivity (Wildman–Crippen MR) is 128 cm³/mol. The Morgan fingerprint density at radius 1 is 1.30 bits per heavy atom. The first-order chi connectivity index (χ1) is 15.2. The SMILES string of the molecule is CC(C)n1nc([S@@](N)(=O)=NC(=O)Nc2c3c(nc4c2CCC4(C)C)CCC3)cc1C(C)(C)O. The van der Waals surface area contributed by atoms with Crippen molar-refractivity contribution in [1.29, 1.82) is 0 Å². The van der Waals surface area contributed by atoms with E-state index in [0.717, 1.165) is 60.3 Å². The molecule has 10 heteroatoms. The van der Waals surface area contributed by atoms with Crippen LogP contribution in [0, 0.1) is 0 Å². The minimum absolute atomic E-state index is 0.0326. The third-order valence-electron chi connectivity index (χ3n) is 6.55. The molecule has 2 aromatic rings. The quantitative estimate of drug-likeness (QED) is 0.620. The van der Waals surface area contributed by atoms with Crippen LogP contribution in [0.3, 0.4) is 0 Å². The van der Waals surface area contributed by atoms with E-state index < -0.39 is 21.5 Å². The Kier molecular flexibility index (Phi) is 5.70.